The van der Waals surface area contributed by atoms with Gasteiger partial charge in [0.25, 0.3) is 0 Å². The van der Waals surface area contributed by atoms with E-state index in [9.17, 15) is 8.78 Å². The van der Waals surface area contributed by atoms with Crippen LogP contribution in [0.4, 0.5) is 8.78 Å². The van der Waals surface area contributed by atoms with Crippen LogP contribution in [0.3, 0.4) is 0 Å². The van der Waals surface area contributed by atoms with E-state index in [1.165, 1.54) is 6.07 Å². The van der Waals surface area contributed by atoms with Crippen LogP contribution in [0.1, 0.15) is 12.5 Å². The summed E-state index contributed by atoms with van der Waals surface area (Å²) < 4.78 is 25.4. The van der Waals surface area contributed by atoms with Crippen LogP contribution in [0.2, 0.25) is 0 Å². The normalized spacial score (nSPS) is 12.8. The Bertz CT molecular complexity index is 315. The van der Waals surface area contributed by atoms with Crippen molar-refractivity contribution in [3.63, 3.8) is 0 Å². The molecule has 0 aliphatic heterocycles. The molecule has 2 nitrogen and oxygen atoms in total. The van der Waals surface area contributed by atoms with Gasteiger partial charge in [-0.05, 0) is 36.7 Å². The summed E-state index contributed by atoms with van der Waals surface area (Å²) in [5, 5.41) is 3.13. The molecule has 4 heteroatoms. The average molecular weight is 214 g/mol. The molecular weight excluding hydrogens is 198 g/mol. The van der Waals surface area contributed by atoms with Gasteiger partial charge in [-0.15, -0.1) is 0 Å². The summed E-state index contributed by atoms with van der Waals surface area (Å²) in [6, 6.07) is 3.91. The second kappa shape index (κ2) is 5.78. The highest BCUT2D eigenvalue weighted by Gasteiger charge is 2.03. The molecule has 1 aromatic rings. The van der Waals surface area contributed by atoms with Crippen molar-refractivity contribution in [3.05, 3.63) is 35.4 Å². The quantitative estimate of drug-likeness (QED) is 0.782. The third-order valence-corrected chi connectivity index (χ3v) is 2.21. The molecule has 0 aliphatic rings. The lowest BCUT2D eigenvalue weighted by Crippen LogP contribution is -2.25. The number of benzene rings is 1. The van der Waals surface area contributed by atoms with Gasteiger partial charge in [-0.25, -0.2) is 8.78 Å². The molecule has 0 spiro atoms. The molecule has 84 valence electrons. The van der Waals surface area contributed by atoms with E-state index in [4.69, 9.17) is 5.73 Å². The van der Waals surface area contributed by atoms with Crippen LogP contribution >= 0.6 is 0 Å². The molecule has 0 saturated heterocycles. The van der Waals surface area contributed by atoms with Crippen LogP contribution in [0, 0.1) is 17.6 Å². The van der Waals surface area contributed by atoms with Gasteiger partial charge in [0.2, 0.25) is 0 Å². The van der Waals surface area contributed by atoms with Crippen molar-refractivity contribution >= 4 is 0 Å². The van der Waals surface area contributed by atoms with Gasteiger partial charge in [-0.3, -0.25) is 0 Å². The number of nitrogens with one attached hydrogen (secondary N) is 1. The minimum Gasteiger partial charge on any atom is -0.330 e. The molecule has 1 aromatic carbocycles. The van der Waals surface area contributed by atoms with E-state index < -0.39 is 11.6 Å². The minimum absolute atomic E-state index is 0.385. The maximum atomic E-state index is 12.8. The topological polar surface area (TPSA) is 38.0 Å². The zero-order valence-corrected chi connectivity index (χ0v) is 8.76. The molecule has 0 saturated carbocycles. The lowest BCUT2D eigenvalue weighted by molar-refractivity contribution is 0.500. The Balaban J connectivity index is 2.41. The van der Waals surface area contributed by atoms with Crippen molar-refractivity contribution in [2.45, 2.75) is 13.5 Å². The summed E-state index contributed by atoms with van der Waals surface area (Å²) in [6.07, 6.45) is 0. The van der Waals surface area contributed by atoms with Gasteiger partial charge in [-0.2, -0.15) is 0 Å². The molecule has 3 N–H and O–H groups in total. The van der Waals surface area contributed by atoms with Gasteiger partial charge >= 0.3 is 0 Å². The summed E-state index contributed by atoms with van der Waals surface area (Å²) >= 11 is 0. The van der Waals surface area contributed by atoms with Gasteiger partial charge in [0.05, 0.1) is 0 Å². The first-order valence-electron chi connectivity index (χ1n) is 4.98. The van der Waals surface area contributed by atoms with Crippen LogP contribution < -0.4 is 11.1 Å². The van der Waals surface area contributed by atoms with Crippen molar-refractivity contribution < 1.29 is 8.78 Å². The summed E-state index contributed by atoms with van der Waals surface area (Å²) in [5.74, 6) is -1.23. The number of nitrogens with two attached hydrogens (primary N) is 1. The molecule has 1 unspecified atom stereocenters. The molecule has 0 bridgehead atoms. The highest BCUT2D eigenvalue weighted by atomic mass is 19.2. The Morgan fingerprint density at radius 2 is 2.07 bits per heavy atom. The molecule has 1 rings (SSSR count). The summed E-state index contributed by atoms with van der Waals surface area (Å²) in [4.78, 5) is 0. The van der Waals surface area contributed by atoms with Crippen molar-refractivity contribution in [1.29, 1.82) is 0 Å². The van der Waals surface area contributed by atoms with Crippen LogP contribution in [0.15, 0.2) is 18.2 Å². The molecular formula is C11H16F2N2. The smallest absolute Gasteiger partial charge is 0.159 e. The molecule has 15 heavy (non-hydrogen) atoms. The van der Waals surface area contributed by atoms with E-state index in [2.05, 4.69) is 5.32 Å². The Morgan fingerprint density at radius 1 is 1.33 bits per heavy atom. The fourth-order valence-electron chi connectivity index (χ4n) is 1.20. The lowest BCUT2D eigenvalue weighted by Gasteiger charge is -2.09. The first-order valence-corrected chi connectivity index (χ1v) is 4.98. The van der Waals surface area contributed by atoms with Gasteiger partial charge < -0.3 is 11.1 Å². The van der Waals surface area contributed by atoms with Crippen molar-refractivity contribution in [2.75, 3.05) is 13.1 Å². The van der Waals surface area contributed by atoms with Crippen LogP contribution in [0.5, 0.6) is 0 Å². The molecule has 1 atom stereocenters. The number of hydrogen-bond donors (Lipinski definition) is 2. The fourth-order valence-corrected chi connectivity index (χ4v) is 1.20. The molecule has 0 aliphatic carbocycles. The second-order valence-corrected chi connectivity index (χ2v) is 3.72. The Kier molecular flexibility index (Phi) is 4.65. The second-order valence-electron chi connectivity index (χ2n) is 3.72. The van der Waals surface area contributed by atoms with Gasteiger partial charge in [0.15, 0.2) is 11.6 Å². The highest BCUT2D eigenvalue weighted by molar-refractivity contribution is 5.17. The zero-order valence-electron chi connectivity index (χ0n) is 8.76. The van der Waals surface area contributed by atoms with E-state index >= 15 is 0 Å². The third-order valence-electron chi connectivity index (χ3n) is 2.21. The highest BCUT2D eigenvalue weighted by Crippen LogP contribution is 2.08. The summed E-state index contributed by atoms with van der Waals surface area (Å²) in [7, 11) is 0. The maximum absolute atomic E-state index is 12.8. The van der Waals surface area contributed by atoms with E-state index in [0.29, 0.717) is 19.0 Å². The summed E-state index contributed by atoms with van der Waals surface area (Å²) in [5.41, 5.74) is 6.18. The first kappa shape index (κ1) is 12.1. The van der Waals surface area contributed by atoms with Crippen molar-refractivity contribution in [1.82, 2.24) is 5.32 Å². The molecule has 0 radical (unpaired) electrons. The summed E-state index contributed by atoms with van der Waals surface area (Å²) in [6.45, 7) is 3.94. The van der Waals surface area contributed by atoms with E-state index in [1.807, 2.05) is 6.92 Å². The number of rotatable bonds is 5. The minimum atomic E-state index is -0.811. The first-order chi connectivity index (χ1) is 7.13. The Hall–Kier alpha value is -1.00. The predicted octanol–water partition coefficient (Wildman–Crippen LogP) is 1.65. The predicted molar refractivity (Wildman–Crippen MR) is 56.3 cm³/mol. The number of hydrogen-bond acceptors (Lipinski definition) is 2. The monoisotopic (exact) mass is 214 g/mol. The Morgan fingerprint density at radius 3 is 2.67 bits per heavy atom. The van der Waals surface area contributed by atoms with Crippen LogP contribution in [-0.4, -0.2) is 13.1 Å². The molecule has 0 aromatic heterocycles. The Labute approximate surface area is 88.5 Å². The van der Waals surface area contributed by atoms with Gasteiger partial charge in [0, 0.05) is 6.54 Å². The third kappa shape index (κ3) is 3.93. The van der Waals surface area contributed by atoms with E-state index in [1.54, 1.807) is 6.07 Å². The maximum Gasteiger partial charge on any atom is 0.159 e. The van der Waals surface area contributed by atoms with Gasteiger partial charge in [-0.1, -0.05) is 13.0 Å². The lowest BCUT2D eigenvalue weighted by atomic mass is 10.1. The molecule has 0 fully saturated rings. The van der Waals surface area contributed by atoms with Gasteiger partial charge in [0.1, 0.15) is 0 Å². The van der Waals surface area contributed by atoms with E-state index in [-0.39, 0.29) is 0 Å². The van der Waals surface area contributed by atoms with E-state index in [0.717, 1.165) is 18.2 Å². The van der Waals surface area contributed by atoms with Crippen LogP contribution in [0.25, 0.3) is 0 Å². The molecule has 0 heterocycles. The van der Waals surface area contributed by atoms with Crippen molar-refractivity contribution in [3.8, 4) is 0 Å². The molecule has 0 amide bonds. The SMILES string of the molecule is CC(CN)CNCc1ccc(F)c(F)c1. The standard InChI is InChI=1S/C11H16F2N2/c1-8(5-14)6-15-7-9-2-3-10(12)11(13)4-9/h2-4,8,15H,5-7,14H2,1H3. The van der Waals surface area contributed by atoms with Crippen LogP contribution in [-0.2, 0) is 6.54 Å². The number of halogens is 2. The average Bonchev–Trinajstić information content (AvgIpc) is 2.23. The fraction of sp³-hybridized carbons (Fsp3) is 0.455. The largest absolute Gasteiger partial charge is 0.330 e. The van der Waals surface area contributed by atoms with Crippen molar-refractivity contribution in [2.24, 2.45) is 11.7 Å². The zero-order chi connectivity index (χ0) is 11.3.